The SMILES string of the molecule is COCn1cc(C(F)(F)F)c(C(=O)Nc2ccccc2-c2ccc(F)cc2C(C)=O)n1. The summed E-state index contributed by atoms with van der Waals surface area (Å²) in [6.45, 7) is 0.988. The third-order valence-electron chi connectivity index (χ3n) is 4.37. The van der Waals surface area contributed by atoms with Crippen LogP contribution in [0.3, 0.4) is 0 Å². The number of Topliss-reactive ketones (excluding diaryl/α,β-unsaturated/α-hetero) is 1. The van der Waals surface area contributed by atoms with E-state index in [0.29, 0.717) is 17.3 Å². The number of hydrogen-bond acceptors (Lipinski definition) is 4. The second-order valence-electron chi connectivity index (χ2n) is 6.59. The first-order chi connectivity index (χ1) is 14.6. The lowest BCUT2D eigenvalue weighted by Gasteiger charge is -2.14. The number of alkyl halides is 3. The molecule has 1 aromatic heterocycles. The van der Waals surface area contributed by atoms with Crippen LogP contribution in [-0.4, -0.2) is 28.6 Å². The van der Waals surface area contributed by atoms with E-state index in [9.17, 15) is 27.2 Å². The Hall–Kier alpha value is -3.53. The number of methoxy groups -OCH3 is 1. The van der Waals surface area contributed by atoms with Gasteiger partial charge in [0.2, 0.25) is 0 Å². The van der Waals surface area contributed by atoms with Gasteiger partial charge in [0.25, 0.3) is 5.91 Å². The maximum Gasteiger partial charge on any atom is 0.420 e. The van der Waals surface area contributed by atoms with Crippen LogP contribution in [0.5, 0.6) is 0 Å². The lowest BCUT2D eigenvalue weighted by atomic mass is 9.96. The number of rotatable bonds is 6. The number of carbonyl (C=O) groups is 2. The summed E-state index contributed by atoms with van der Waals surface area (Å²) >= 11 is 0. The number of carbonyl (C=O) groups excluding carboxylic acids is 2. The molecule has 3 rings (SSSR count). The van der Waals surface area contributed by atoms with Crippen molar-refractivity contribution in [3.63, 3.8) is 0 Å². The molecule has 162 valence electrons. The minimum absolute atomic E-state index is 0.0713. The van der Waals surface area contributed by atoms with Gasteiger partial charge in [-0.3, -0.25) is 9.59 Å². The number of anilines is 1. The van der Waals surface area contributed by atoms with Crippen molar-refractivity contribution >= 4 is 17.4 Å². The van der Waals surface area contributed by atoms with Gasteiger partial charge in [0.15, 0.2) is 11.5 Å². The summed E-state index contributed by atoms with van der Waals surface area (Å²) in [6, 6.07) is 9.77. The number of hydrogen-bond donors (Lipinski definition) is 1. The smallest absolute Gasteiger partial charge is 0.362 e. The average Bonchev–Trinajstić information content (AvgIpc) is 3.13. The van der Waals surface area contributed by atoms with Crippen LogP contribution >= 0.6 is 0 Å². The average molecular weight is 435 g/mol. The quantitative estimate of drug-likeness (QED) is 0.447. The molecule has 2 aromatic carbocycles. The molecule has 0 aliphatic carbocycles. The molecule has 31 heavy (non-hydrogen) atoms. The first-order valence-corrected chi connectivity index (χ1v) is 8.96. The van der Waals surface area contributed by atoms with E-state index in [-0.39, 0.29) is 18.0 Å². The molecule has 0 radical (unpaired) electrons. The van der Waals surface area contributed by atoms with Crippen LogP contribution in [-0.2, 0) is 17.6 Å². The van der Waals surface area contributed by atoms with Gasteiger partial charge in [0.1, 0.15) is 18.1 Å². The summed E-state index contributed by atoms with van der Waals surface area (Å²) in [6.07, 6.45) is -4.13. The zero-order valence-corrected chi connectivity index (χ0v) is 16.5. The lowest BCUT2D eigenvalue weighted by molar-refractivity contribution is -0.138. The fourth-order valence-corrected chi connectivity index (χ4v) is 3.05. The molecule has 6 nitrogen and oxygen atoms in total. The van der Waals surface area contributed by atoms with Gasteiger partial charge in [-0.25, -0.2) is 9.07 Å². The van der Waals surface area contributed by atoms with Gasteiger partial charge in [-0.15, -0.1) is 0 Å². The Bertz CT molecular complexity index is 1140. The predicted molar refractivity (Wildman–Crippen MR) is 104 cm³/mol. The molecule has 3 aromatic rings. The molecular formula is C21H17F4N3O3. The van der Waals surface area contributed by atoms with Gasteiger partial charge < -0.3 is 10.1 Å². The van der Waals surface area contributed by atoms with Gasteiger partial charge in [-0.1, -0.05) is 24.3 Å². The van der Waals surface area contributed by atoms with Crippen molar-refractivity contribution in [2.75, 3.05) is 12.4 Å². The maximum atomic E-state index is 13.6. The highest BCUT2D eigenvalue weighted by molar-refractivity contribution is 6.08. The highest BCUT2D eigenvalue weighted by Crippen LogP contribution is 2.34. The summed E-state index contributed by atoms with van der Waals surface area (Å²) in [4.78, 5) is 24.7. The van der Waals surface area contributed by atoms with Gasteiger partial charge in [0.05, 0.1) is 0 Å². The van der Waals surface area contributed by atoms with E-state index in [2.05, 4.69) is 10.4 Å². The van der Waals surface area contributed by atoms with Crippen molar-refractivity contribution in [2.24, 2.45) is 0 Å². The third-order valence-corrected chi connectivity index (χ3v) is 4.37. The van der Waals surface area contributed by atoms with Gasteiger partial charge >= 0.3 is 6.18 Å². The van der Waals surface area contributed by atoms with Crippen LogP contribution in [0.2, 0.25) is 0 Å². The summed E-state index contributed by atoms with van der Waals surface area (Å²) in [7, 11) is 1.28. The molecular weight excluding hydrogens is 418 g/mol. The highest BCUT2D eigenvalue weighted by Gasteiger charge is 2.38. The molecule has 0 bridgehead atoms. The number of benzene rings is 2. The number of nitrogens with one attached hydrogen (secondary N) is 1. The largest absolute Gasteiger partial charge is 0.420 e. The van der Waals surface area contributed by atoms with E-state index in [1.54, 1.807) is 18.2 Å². The van der Waals surface area contributed by atoms with Crippen LogP contribution in [0.1, 0.15) is 33.3 Å². The third kappa shape index (κ3) is 4.80. The molecule has 0 saturated heterocycles. The van der Waals surface area contributed by atoms with E-state index in [1.807, 2.05) is 0 Å². The van der Waals surface area contributed by atoms with E-state index in [4.69, 9.17) is 4.74 Å². The van der Waals surface area contributed by atoms with E-state index in [0.717, 1.165) is 16.8 Å². The van der Waals surface area contributed by atoms with Crippen molar-refractivity contribution < 1.29 is 31.9 Å². The number of amides is 1. The summed E-state index contributed by atoms with van der Waals surface area (Å²) < 4.78 is 59.4. The van der Waals surface area contributed by atoms with Crippen LogP contribution in [0.15, 0.2) is 48.7 Å². The van der Waals surface area contributed by atoms with Crippen LogP contribution in [0, 0.1) is 5.82 Å². The Morgan fingerprint density at radius 2 is 1.84 bits per heavy atom. The Balaban J connectivity index is 2.03. The molecule has 1 heterocycles. The summed E-state index contributed by atoms with van der Waals surface area (Å²) in [5.41, 5.74) is -1.18. The van der Waals surface area contributed by atoms with Crippen molar-refractivity contribution in [1.29, 1.82) is 0 Å². The van der Waals surface area contributed by atoms with Crippen molar-refractivity contribution in [2.45, 2.75) is 19.8 Å². The van der Waals surface area contributed by atoms with Gasteiger partial charge in [-0.2, -0.15) is 18.3 Å². The monoisotopic (exact) mass is 435 g/mol. The lowest BCUT2D eigenvalue weighted by Crippen LogP contribution is -2.18. The van der Waals surface area contributed by atoms with Crippen LogP contribution in [0.4, 0.5) is 23.2 Å². The molecule has 0 aliphatic rings. The normalized spacial score (nSPS) is 11.4. The maximum absolute atomic E-state index is 13.6. The topological polar surface area (TPSA) is 73.2 Å². The Morgan fingerprint density at radius 1 is 1.13 bits per heavy atom. The fraction of sp³-hybridized carbons (Fsp3) is 0.190. The minimum atomic E-state index is -4.81. The highest BCUT2D eigenvalue weighted by atomic mass is 19.4. The van der Waals surface area contributed by atoms with Gasteiger partial charge in [0, 0.05) is 30.1 Å². The first-order valence-electron chi connectivity index (χ1n) is 8.96. The molecule has 0 spiro atoms. The van der Waals surface area contributed by atoms with Crippen LogP contribution in [0.25, 0.3) is 11.1 Å². The number of ketones is 1. The molecule has 0 fully saturated rings. The first kappa shape index (κ1) is 22.2. The van der Waals surface area contributed by atoms with E-state index >= 15 is 0 Å². The predicted octanol–water partition coefficient (Wildman–Crippen LogP) is 4.77. The minimum Gasteiger partial charge on any atom is -0.362 e. The van der Waals surface area contributed by atoms with Crippen molar-refractivity contribution in [3.8, 4) is 11.1 Å². The number of aromatic nitrogens is 2. The number of nitrogens with zero attached hydrogens (tertiary/aromatic N) is 2. The summed E-state index contributed by atoms with van der Waals surface area (Å²) in [5.74, 6) is -2.12. The Morgan fingerprint density at radius 3 is 2.48 bits per heavy atom. The van der Waals surface area contributed by atoms with Crippen molar-refractivity contribution in [1.82, 2.24) is 9.78 Å². The second kappa shape index (κ2) is 8.68. The van der Waals surface area contributed by atoms with Gasteiger partial charge in [-0.05, 0) is 30.7 Å². The molecule has 10 heteroatoms. The Kier molecular flexibility index (Phi) is 6.21. The molecule has 1 N–H and O–H groups in total. The molecule has 0 unspecified atom stereocenters. The molecule has 0 saturated carbocycles. The summed E-state index contributed by atoms with van der Waals surface area (Å²) in [5, 5.41) is 6.09. The fourth-order valence-electron chi connectivity index (χ4n) is 3.05. The van der Waals surface area contributed by atoms with Crippen molar-refractivity contribution in [3.05, 3.63) is 71.3 Å². The molecule has 0 atom stereocenters. The van der Waals surface area contributed by atoms with E-state index in [1.165, 1.54) is 26.2 Å². The van der Waals surface area contributed by atoms with E-state index < -0.39 is 34.9 Å². The number of halogens is 4. The number of para-hydroxylation sites is 1. The zero-order valence-electron chi connectivity index (χ0n) is 16.5. The standard InChI is InChI=1S/C21H17F4N3O3/c1-12(29)16-9-13(22)7-8-14(16)15-5-3-4-6-18(15)26-20(30)19-17(21(23,24)25)10-28(27-19)11-31-2/h3-10H,11H2,1-2H3,(H,26,30). The molecule has 1 amide bonds. The Labute approximate surface area is 174 Å². The molecule has 0 aliphatic heterocycles. The zero-order chi connectivity index (χ0) is 22.8. The number of ether oxygens (including phenoxy) is 1. The van der Waals surface area contributed by atoms with Crippen LogP contribution < -0.4 is 5.32 Å². The second-order valence-corrected chi connectivity index (χ2v) is 6.59.